The number of aromatic carboxylic acids is 1. The molecule has 344 valence electrons. The minimum absolute atomic E-state index is 0.0148. The van der Waals surface area contributed by atoms with Gasteiger partial charge in [0, 0.05) is 43.9 Å². The van der Waals surface area contributed by atoms with Crippen LogP contribution in [0.5, 0.6) is 0 Å². The van der Waals surface area contributed by atoms with Crippen molar-refractivity contribution >= 4 is 64.3 Å². The zero-order valence-electron chi connectivity index (χ0n) is 35.7. The van der Waals surface area contributed by atoms with E-state index in [2.05, 4.69) is 21.1 Å². The Kier molecular flexibility index (Phi) is 15.4. The number of halogens is 2. The number of nitrogens with zero attached hydrogens (tertiary/aromatic N) is 3. The molecule has 0 saturated carbocycles. The molecule has 0 unspecified atom stereocenters. The number of carboxylic acids is 2. The maximum Gasteiger partial charge on any atom is 0.408 e. The second-order valence-corrected chi connectivity index (χ2v) is 16.4. The minimum Gasteiger partial charge on any atom is -0.480 e. The van der Waals surface area contributed by atoms with Gasteiger partial charge in [0.15, 0.2) is 5.82 Å². The zero-order valence-corrected chi connectivity index (χ0v) is 36.5. The number of ether oxygens (including phenoxy) is 1. The molecule has 18 heteroatoms. The lowest BCUT2D eigenvalue weighted by molar-refractivity contribution is -0.148. The Hall–Kier alpha value is -7.11. The van der Waals surface area contributed by atoms with Gasteiger partial charge in [-0.2, -0.15) is 0 Å². The fraction of sp³-hybridized carbons (Fsp3) is 0.312. The average molecular weight is 923 g/mol. The third-order valence-electron chi connectivity index (χ3n) is 11.6. The molecule has 3 heterocycles. The largest absolute Gasteiger partial charge is 0.480 e. The maximum atomic E-state index is 14.9. The highest BCUT2D eigenvalue weighted by atomic mass is 35.5. The normalized spacial score (nSPS) is 17.3. The quantitative estimate of drug-likeness (QED) is 0.0753. The van der Waals surface area contributed by atoms with Gasteiger partial charge in [-0.1, -0.05) is 77.4 Å². The van der Waals surface area contributed by atoms with E-state index in [1.165, 1.54) is 41.3 Å². The van der Waals surface area contributed by atoms with Gasteiger partial charge in [-0.25, -0.2) is 18.8 Å². The first-order chi connectivity index (χ1) is 31.9. The molecular formula is C48H48ClFN6O10. The first kappa shape index (κ1) is 46.9. The number of amides is 4. The predicted octanol–water partition coefficient (Wildman–Crippen LogP) is 6.19. The number of aliphatic carboxylic acids is 1. The summed E-state index contributed by atoms with van der Waals surface area (Å²) in [5.74, 6) is -4.21. The van der Waals surface area contributed by atoms with Crippen molar-refractivity contribution in [1.29, 1.82) is 0 Å². The molecule has 0 aromatic heterocycles. The molecular weight excluding hydrogens is 875 g/mol. The lowest BCUT2D eigenvalue weighted by Gasteiger charge is -2.38. The van der Waals surface area contributed by atoms with E-state index < -0.39 is 53.9 Å². The highest BCUT2D eigenvalue weighted by molar-refractivity contribution is 6.31. The van der Waals surface area contributed by atoms with Crippen LogP contribution in [-0.4, -0.2) is 106 Å². The smallest absolute Gasteiger partial charge is 0.408 e. The van der Waals surface area contributed by atoms with Gasteiger partial charge in [-0.05, 0) is 96.3 Å². The van der Waals surface area contributed by atoms with Crippen molar-refractivity contribution in [1.82, 2.24) is 20.4 Å². The van der Waals surface area contributed by atoms with E-state index in [4.69, 9.17) is 21.2 Å². The van der Waals surface area contributed by atoms with Crippen LogP contribution >= 0.6 is 11.6 Å². The second kappa shape index (κ2) is 21.7. The topological polar surface area (TPSA) is 216 Å². The number of carbonyl (C=O) groups excluding carboxylic acids is 4. The standard InChI is InChI=1S/C48H48ClFN6O10/c49-37-13-7-12-36(42(37)50)39-26-40(66-54-39)45(59)56-25-21-34-33(10-6-11-35(34)43(56)44(58)52-32-17-15-31(16-18-32)46(60)61)30-19-23-55(24-20-30)27-41(57)51-22-5-4-14-38(47(62)63)53-48(64)65-28-29-8-2-1-3-9-29/h1-3,6-13,15-19,38,40,43H,4-5,14,20-28H2,(H,51,57)(H,52,58)(H,53,64)(H,60,61)(H,62,63)/t38-,40+,43-/m0/s1. The first-order valence-corrected chi connectivity index (χ1v) is 21.9. The zero-order chi connectivity index (χ0) is 46.7. The summed E-state index contributed by atoms with van der Waals surface area (Å²) in [5.41, 5.74) is 4.89. The fourth-order valence-corrected chi connectivity index (χ4v) is 8.38. The highest BCUT2D eigenvalue weighted by Crippen LogP contribution is 2.38. The third kappa shape index (κ3) is 11.6. The van der Waals surface area contributed by atoms with Crippen molar-refractivity contribution < 1.29 is 52.9 Å². The molecule has 4 aromatic carbocycles. The van der Waals surface area contributed by atoms with Gasteiger partial charge >= 0.3 is 18.0 Å². The molecule has 0 fully saturated rings. The van der Waals surface area contributed by atoms with Crippen LogP contribution in [0.25, 0.3) is 5.57 Å². The Morgan fingerprint density at radius 1 is 0.894 bits per heavy atom. The molecule has 0 radical (unpaired) electrons. The van der Waals surface area contributed by atoms with Crippen LogP contribution in [0.3, 0.4) is 0 Å². The summed E-state index contributed by atoms with van der Waals surface area (Å²) in [6.07, 6.45) is 2.16. The van der Waals surface area contributed by atoms with E-state index in [0.717, 1.165) is 22.3 Å². The number of hydrogen-bond donors (Lipinski definition) is 5. The molecule has 3 aliphatic rings. The van der Waals surface area contributed by atoms with Gasteiger partial charge in [0.05, 0.1) is 22.8 Å². The van der Waals surface area contributed by atoms with Crippen molar-refractivity contribution in [3.63, 3.8) is 0 Å². The second-order valence-electron chi connectivity index (χ2n) is 16.0. The first-order valence-electron chi connectivity index (χ1n) is 21.5. The van der Waals surface area contributed by atoms with Crippen LogP contribution in [0.4, 0.5) is 14.9 Å². The summed E-state index contributed by atoms with van der Waals surface area (Å²) in [6, 6.07) is 22.5. The van der Waals surface area contributed by atoms with E-state index in [1.54, 1.807) is 24.3 Å². The van der Waals surface area contributed by atoms with Crippen LogP contribution in [0, 0.1) is 5.82 Å². The third-order valence-corrected chi connectivity index (χ3v) is 11.9. The number of unbranched alkanes of at least 4 members (excludes halogenated alkanes) is 1. The molecule has 7 rings (SSSR count). The van der Waals surface area contributed by atoms with Gasteiger partial charge < -0.3 is 40.6 Å². The van der Waals surface area contributed by atoms with Crippen molar-refractivity contribution in [2.75, 3.05) is 38.0 Å². The maximum absolute atomic E-state index is 14.9. The molecule has 4 aromatic rings. The van der Waals surface area contributed by atoms with E-state index in [0.29, 0.717) is 56.6 Å². The molecule has 4 amide bonds. The number of carbonyl (C=O) groups is 6. The van der Waals surface area contributed by atoms with Crippen LogP contribution in [-0.2, 0) is 41.8 Å². The summed E-state index contributed by atoms with van der Waals surface area (Å²) >= 11 is 6.00. The number of carboxylic acid groups (broad SMARTS) is 2. The van der Waals surface area contributed by atoms with Crippen LogP contribution in [0.1, 0.15) is 76.3 Å². The van der Waals surface area contributed by atoms with Gasteiger partial charge in [-0.15, -0.1) is 0 Å². The number of rotatable bonds is 17. The molecule has 3 aliphatic heterocycles. The molecule has 5 N–H and O–H groups in total. The number of benzene rings is 4. The Morgan fingerprint density at radius 2 is 1.65 bits per heavy atom. The molecule has 0 spiro atoms. The Balaban J connectivity index is 0.958. The van der Waals surface area contributed by atoms with Crippen molar-refractivity contribution in [2.45, 2.75) is 63.3 Å². The number of nitrogens with one attached hydrogen (secondary N) is 3. The minimum atomic E-state index is -1.18. The molecule has 66 heavy (non-hydrogen) atoms. The predicted molar refractivity (Wildman–Crippen MR) is 241 cm³/mol. The Morgan fingerprint density at radius 3 is 2.38 bits per heavy atom. The van der Waals surface area contributed by atoms with Gasteiger partial charge in [0.1, 0.15) is 18.7 Å². The number of anilines is 1. The fourth-order valence-electron chi connectivity index (χ4n) is 8.20. The van der Waals surface area contributed by atoms with Crippen molar-refractivity contribution in [2.24, 2.45) is 5.16 Å². The number of oxime groups is 1. The van der Waals surface area contributed by atoms with E-state index in [9.17, 15) is 43.4 Å². The number of fused-ring (bicyclic) bond motifs is 1. The van der Waals surface area contributed by atoms with Crippen molar-refractivity contribution in [3.05, 3.63) is 141 Å². The van der Waals surface area contributed by atoms with E-state index in [1.807, 2.05) is 41.3 Å². The average Bonchev–Trinajstić information content (AvgIpc) is 3.81. The molecule has 3 atom stereocenters. The van der Waals surface area contributed by atoms with Crippen LogP contribution in [0.2, 0.25) is 5.02 Å². The summed E-state index contributed by atoms with van der Waals surface area (Å²) in [7, 11) is 0. The molecule has 0 aliphatic carbocycles. The van der Waals surface area contributed by atoms with E-state index in [-0.39, 0.29) is 60.3 Å². The van der Waals surface area contributed by atoms with Crippen LogP contribution < -0.4 is 16.0 Å². The molecule has 0 bridgehead atoms. The molecule has 0 saturated heterocycles. The van der Waals surface area contributed by atoms with Crippen molar-refractivity contribution in [3.8, 4) is 0 Å². The summed E-state index contributed by atoms with van der Waals surface area (Å²) in [6.45, 7) is 1.69. The van der Waals surface area contributed by atoms with Gasteiger partial charge in [-0.3, -0.25) is 19.3 Å². The van der Waals surface area contributed by atoms with Gasteiger partial charge in [0.25, 0.3) is 11.8 Å². The van der Waals surface area contributed by atoms with Crippen LogP contribution in [0.15, 0.2) is 102 Å². The summed E-state index contributed by atoms with van der Waals surface area (Å²) in [4.78, 5) is 85.8. The van der Waals surface area contributed by atoms with Gasteiger partial charge in [0.2, 0.25) is 12.0 Å². The Labute approximate surface area is 384 Å². The SMILES string of the molecule is O=C(CN1CC=C(c2cccc3c2CCN(C(=O)[C@H]2CC(c4cccc(Cl)c4F)=NO2)[C@@H]3C(=O)Nc2ccc(C(=O)O)cc2)CC1)NCCCC[C@H](NC(=O)OCc1ccccc1)C(=O)O. The summed E-state index contributed by atoms with van der Waals surface area (Å²) < 4.78 is 20.0. The molecule has 16 nitrogen and oxygen atoms in total. The lowest BCUT2D eigenvalue weighted by Crippen LogP contribution is -2.49. The number of hydrogen-bond acceptors (Lipinski definition) is 10. The summed E-state index contributed by atoms with van der Waals surface area (Å²) in [5, 5.41) is 31.0. The number of alkyl carbamates (subject to hydrolysis) is 1. The Bertz CT molecular complexity index is 2540. The lowest BCUT2D eigenvalue weighted by atomic mass is 9.84. The monoisotopic (exact) mass is 922 g/mol. The highest BCUT2D eigenvalue weighted by Gasteiger charge is 2.42. The van der Waals surface area contributed by atoms with E-state index >= 15 is 0 Å².